The maximum Gasteiger partial charge on any atom is 0.419 e. The van der Waals surface area contributed by atoms with E-state index in [4.69, 9.17) is 4.74 Å². The number of alkyl halides is 3. The molecule has 0 N–H and O–H groups in total. The highest BCUT2D eigenvalue weighted by atomic mass is 19.4. The van der Waals surface area contributed by atoms with Crippen LogP contribution in [0.15, 0.2) is 29.3 Å². The Labute approximate surface area is 193 Å². The Balaban J connectivity index is 1.79. The average molecular weight is 482 g/mol. The molecule has 0 aliphatic carbocycles. The van der Waals surface area contributed by atoms with Gasteiger partial charge in [0.05, 0.1) is 31.0 Å². The molecule has 8 nitrogen and oxygen atoms in total. The van der Waals surface area contributed by atoms with Crippen LogP contribution in [0, 0.1) is 12.7 Å². The fraction of sp³-hybridized carbons (Fsp3) is 0.500. The molecule has 1 atom stereocenters. The first-order valence-corrected chi connectivity index (χ1v) is 10.9. The highest BCUT2D eigenvalue weighted by molar-refractivity contribution is 5.57. The summed E-state index contributed by atoms with van der Waals surface area (Å²) >= 11 is 0. The summed E-state index contributed by atoms with van der Waals surface area (Å²) < 4.78 is 65.4. The first-order chi connectivity index (χ1) is 16.0. The molecule has 1 saturated heterocycles. The quantitative estimate of drug-likeness (QED) is 0.521. The number of morpholine rings is 1. The molecule has 0 radical (unpaired) electrons. The number of aromatic nitrogens is 5. The Bertz CT molecular complexity index is 1240. The number of halogens is 4. The molecule has 1 aliphatic heterocycles. The molecule has 34 heavy (non-hydrogen) atoms. The molecule has 3 aromatic rings. The van der Waals surface area contributed by atoms with E-state index in [1.807, 2.05) is 13.8 Å². The van der Waals surface area contributed by atoms with Gasteiger partial charge < -0.3 is 9.64 Å². The second-order valence-corrected chi connectivity index (χ2v) is 8.70. The predicted octanol–water partition coefficient (Wildman–Crippen LogP) is 3.55. The van der Waals surface area contributed by atoms with Gasteiger partial charge in [-0.25, -0.2) is 9.18 Å². The van der Waals surface area contributed by atoms with E-state index in [0.29, 0.717) is 29.9 Å². The lowest BCUT2D eigenvalue weighted by atomic mass is 10.1. The summed E-state index contributed by atoms with van der Waals surface area (Å²) in [5, 5.41) is 8.32. The van der Waals surface area contributed by atoms with Crippen molar-refractivity contribution in [1.29, 1.82) is 0 Å². The molecule has 2 aromatic heterocycles. The standard InChI is InChI=1S/C22H26F4N6O2/c1-13(2)31-12-16(9-27-31)11-30-15(4)28-32(21(30)33)19-8-17(29-5-6-34-14(3)10-29)7-18(20(19)23)22(24,25)26/h7-9,12-14H,5-6,10-11H2,1-4H3/t14-/m1/s1. The molecular formula is C22H26F4N6O2. The first kappa shape index (κ1) is 24.0. The van der Waals surface area contributed by atoms with E-state index in [9.17, 15) is 18.0 Å². The number of hydrogen-bond donors (Lipinski definition) is 0. The van der Waals surface area contributed by atoms with Gasteiger partial charge in [-0.2, -0.15) is 28.1 Å². The van der Waals surface area contributed by atoms with Gasteiger partial charge in [-0.05, 0) is 39.8 Å². The fourth-order valence-corrected chi connectivity index (χ4v) is 3.95. The molecule has 184 valence electrons. The van der Waals surface area contributed by atoms with Crippen molar-refractivity contribution in [2.24, 2.45) is 0 Å². The van der Waals surface area contributed by atoms with E-state index in [2.05, 4.69) is 10.2 Å². The summed E-state index contributed by atoms with van der Waals surface area (Å²) in [5.41, 5.74) is -1.87. The third-order valence-corrected chi connectivity index (χ3v) is 5.75. The van der Waals surface area contributed by atoms with Gasteiger partial charge in [0, 0.05) is 36.6 Å². The lowest BCUT2D eigenvalue weighted by Crippen LogP contribution is -2.41. The van der Waals surface area contributed by atoms with Crippen LogP contribution in [-0.4, -0.2) is 49.9 Å². The zero-order valence-corrected chi connectivity index (χ0v) is 19.3. The molecule has 1 aromatic carbocycles. The second kappa shape index (κ2) is 8.90. The second-order valence-electron chi connectivity index (χ2n) is 8.70. The summed E-state index contributed by atoms with van der Waals surface area (Å²) in [4.78, 5) is 14.8. The van der Waals surface area contributed by atoms with E-state index in [1.54, 1.807) is 35.8 Å². The van der Waals surface area contributed by atoms with Crippen LogP contribution in [0.25, 0.3) is 5.69 Å². The molecule has 0 unspecified atom stereocenters. The van der Waals surface area contributed by atoms with Gasteiger partial charge in [0.15, 0.2) is 5.82 Å². The Morgan fingerprint density at radius 2 is 2.00 bits per heavy atom. The van der Waals surface area contributed by atoms with Gasteiger partial charge in [0.2, 0.25) is 0 Å². The summed E-state index contributed by atoms with van der Waals surface area (Å²) in [6, 6.07) is 2.12. The Kier molecular flexibility index (Phi) is 6.28. The number of aryl methyl sites for hydroxylation is 1. The van der Waals surface area contributed by atoms with E-state index in [1.165, 1.54) is 10.6 Å². The predicted molar refractivity (Wildman–Crippen MR) is 117 cm³/mol. The molecule has 4 rings (SSSR count). The fourth-order valence-electron chi connectivity index (χ4n) is 3.95. The van der Waals surface area contributed by atoms with Gasteiger partial charge >= 0.3 is 11.9 Å². The van der Waals surface area contributed by atoms with Crippen LogP contribution in [0.2, 0.25) is 0 Å². The van der Waals surface area contributed by atoms with Crippen molar-refractivity contribution in [3.63, 3.8) is 0 Å². The first-order valence-electron chi connectivity index (χ1n) is 10.9. The number of hydrogen-bond acceptors (Lipinski definition) is 5. The number of ether oxygens (including phenoxy) is 1. The molecule has 3 heterocycles. The van der Waals surface area contributed by atoms with E-state index in [-0.39, 0.29) is 30.2 Å². The third kappa shape index (κ3) is 4.59. The van der Waals surface area contributed by atoms with Crippen LogP contribution in [0.4, 0.5) is 23.2 Å². The maximum absolute atomic E-state index is 15.1. The summed E-state index contributed by atoms with van der Waals surface area (Å²) in [6.07, 6.45) is -1.77. The lowest BCUT2D eigenvalue weighted by Gasteiger charge is -2.33. The minimum Gasteiger partial charge on any atom is -0.375 e. The smallest absolute Gasteiger partial charge is 0.375 e. The van der Waals surface area contributed by atoms with Crippen molar-refractivity contribution in [3.8, 4) is 5.69 Å². The number of nitrogens with zero attached hydrogens (tertiary/aromatic N) is 6. The minimum absolute atomic E-state index is 0.103. The summed E-state index contributed by atoms with van der Waals surface area (Å²) in [5.74, 6) is -1.31. The van der Waals surface area contributed by atoms with Crippen molar-refractivity contribution >= 4 is 5.69 Å². The number of benzene rings is 1. The van der Waals surface area contributed by atoms with Crippen molar-refractivity contribution in [3.05, 3.63) is 57.8 Å². The van der Waals surface area contributed by atoms with E-state index >= 15 is 4.39 Å². The molecule has 0 amide bonds. The van der Waals surface area contributed by atoms with Crippen molar-refractivity contribution in [2.75, 3.05) is 24.6 Å². The number of rotatable bonds is 5. The van der Waals surface area contributed by atoms with Gasteiger partial charge in [0.1, 0.15) is 11.5 Å². The van der Waals surface area contributed by atoms with Gasteiger partial charge in [-0.3, -0.25) is 9.25 Å². The molecule has 1 aliphatic rings. The highest BCUT2D eigenvalue weighted by Crippen LogP contribution is 2.37. The zero-order valence-electron chi connectivity index (χ0n) is 19.3. The van der Waals surface area contributed by atoms with Gasteiger partial charge in [0.25, 0.3) is 0 Å². The van der Waals surface area contributed by atoms with Crippen LogP contribution >= 0.6 is 0 Å². The molecule has 0 spiro atoms. The molecule has 0 bridgehead atoms. The Hall–Kier alpha value is -3.15. The van der Waals surface area contributed by atoms with Crippen LogP contribution in [0.1, 0.15) is 43.8 Å². The molecular weight excluding hydrogens is 456 g/mol. The van der Waals surface area contributed by atoms with Gasteiger partial charge in [-0.1, -0.05) is 0 Å². The van der Waals surface area contributed by atoms with Crippen LogP contribution in [0.3, 0.4) is 0 Å². The van der Waals surface area contributed by atoms with Crippen LogP contribution in [-0.2, 0) is 17.5 Å². The molecule has 12 heteroatoms. The summed E-state index contributed by atoms with van der Waals surface area (Å²) in [6.45, 7) is 8.36. The normalized spacial score (nSPS) is 17.1. The molecule has 0 saturated carbocycles. The maximum atomic E-state index is 15.1. The lowest BCUT2D eigenvalue weighted by molar-refractivity contribution is -0.139. The van der Waals surface area contributed by atoms with Crippen LogP contribution in [0.5, 0.6) is 0 Å². The highest BCUT2D eigenvalue weighted by Gasteiger charge is 2.37. The van der Waals surface area contributed by atoms with Crippen molar-refractivity contribution in [2.45, 2.75) is 52.6 Å². The minimum atomic E-state index is -4.95. The summed E-state index contributed by atoms with van der Waals surface area (Å²) in [7, 11) is 0. The van der Waals surface area contributed by atoms with Crippen molar-refractivity contribution < 1.29 is 22.3 Å². The number of anilines is 1. The topological polar surface area (TPSA) is 70.1 Å². The SMILES string of the molecule is Cc1nn(-c2cc(N3CCO[C@H](C)C3)cc(C(F)(F)F)c2F)c(=O)n1Cc1cnn(C(C)C)c1. The van der Waals surface area contributed by atoms with E-state index < -0.39 is 28.9 Å². The monoisotopic (exact) mass is 482 g/mol. The third-order valence-electron chi connectivity index (χ3n) is 5.75. The Morgan fingerprint density at radius 1 is 1.26 bits per heavy atom. The largest absolute Gasteiger partial charge is 0.419 e. The van der Waals surface area contributed by atoms with E-state index in [0.717, 1.165) is 6.07 Å². The van der Waals surface area contributed by atoms with Crippen LogP contribution < -0.4 is 10.6 Å². The van der Waals surface area contributed by atoms with Crippen molar-refractivity contribution in [1.82, 2.24) is 24.1 Å². The molecule has 1 fully saturated rings. The average Bonchev–Trinajstić information content (AvgIpc) is 3.34. The Morgan fingerprint density at radius 3 is 2.62 bits per heavy atom. The van der Waals surface area contributed by atoms with Gasteiger partial charge in [-0.15, -0.1) is 0 Å². The zero-order chi connectivity index (χ0) is 24.8.